The van der Waals surface area contributed by atoms with E-state index < -0.39 is 0 Å². The molecule has 4 nitrogen and oxygen atoms in total. The van der Waals surface area contributed by atoms with E-state index in [1.54, 1.807) is 0 Å². The average molecular weight is 553 g/mol. The van der Waals surface area contributed by atoms with E-state index in [0.717, 1.165) is 44.7 Å². The number of nitrogens with zero attached hydrogens (tertiary/aromatic N) is 1. The van der Waals surface area contributed by atoms with Crippen molar-refractivity contribution in [3.05, 3.63) is 0 Å². The van der Waals surface area contributed by atoms with Crippen LogP contribution in [0.15, 0.2) is 0 Å². The van der Waals surface area contributed by atoms with E-state index in [1.807, 2.05) is 0 Å². The first-order chi connectivity index (χ1) is 19.2. The molecule has 1 unspecified atom stereocenters. The van der Waals surface area contributed by atoms with Crippen LogP contribution in [0.4, 0.5) is 0 Å². The van der Waals surface area contributed by atoms with Gasteiger partial charge in [0.2, 0.25) is 0 Å². The lowest BCUT2D eigenvalue weighted by molar-refractivity contribution is -0.143. The zero-order valence-electron chi connectivity index (χ0n) is 27.1. The van der Waals surface area contributed by atoms with Crippen LogP contribution in [0.5, 0.6) is 0 Å². The number of esters is 1. The Hall–Kier alpha value is -0.610. The molecule has 0 saturated heterocycles. The minimum atomic E-state index is 0.00161. The second-order valence-corrected chi connectivity index (χ2v) is 12.2. The summed E-state index contributed by atoms with van der Waals surface area (Å²) in [6.07, 6.45) is 31.9. The number of hydrogen-bond acceptors (Lipinski definition) is 4. The van der Waals surface area contributed by atoms with E-state index in [1.165, 1.54) is 142 Å². The fraction of sp³-hybridized carbons (Fsp3) is 0.971. The first-order valence-electron chi connectivity index (χ1n) is 17.8. The van der Waals surface area contributed by atoms with Gasteiger partial charge in [0.05, 0.1) is 6.61 Å². The number of hydrogen-bond donors (Lipinski definition) is 1. The molecule has 4 heteroatoms. The van der Waals surface area contributed by atoms with Crippen LogP contribution >= 0.6 is 0 Å². The van der Waals surface area contributed by atoms with Gasteiger partial charge >= 0.3 is 5.97 Å². The first kappa shape index (κ1) is 38.4. The minimum absolute atomic E-state index is 0.00161. The highest BCUT2D eigenvalue weighted by Gasteiger charge is 2.09. The second-order valence-electron chi connectivity index (χ2n) is 12.2. The molecule has 0 aromatic carbocycles. The van der Waals surface area contributed by atoms with Crippen molar-refractivity contribution < 1.29 is 9.53 Å². The van der Waals surface area contributed by atoms with Gasteiger partial charge in [-0.25, -0.2) is 0 Å². The Bertz CT molecular complexity index is 485. The normalized spacial score (nSPS) is 12.3. The highest BCUT2D eigenvalue weighted by Crippen LogP contribution is 2.23. The Morgan fingerprint density at radius 3 is 1.67 bits per heavy atom. The van der Waals surface area contributed by atoms with Gasteiger partial charge in [-0.2, -0.15) is 0 Å². The Morgan fingerprint density at radius 2 is 1.03 bits per heavy atom. The zero-order chi connectivity index (χ0) is 28.7. The largest absolute Gasteiger partial charge is 0.466 e. The number of carbonyl (C=O) groups excluding carboxylic acids is 1. The van der Waals surface area contributed by atoms with E-state index in [0.29, 0.717) is 13.0 Å². The molecular formula is C35H72N2O2. The molecule has 0 aliphatic rings. The van der Waals surface area contributed by atoms with Crippen LogP contribution < -0.4 is 5.73 Å². The summed E-state index contributed by atoms with van der Waals surface area (Å²) in [5, 5.41) is 0. The molecule has 0 aromatic heterocycles. The molecule has 0 radical (unpaired) electrons. The molecule has 234 valence electrons. The molecule has 0 amide bonds. The molecular weight excluding hydrogens is 480 g/mol. The molecule has 0 spiro atoms. The maximum absolute atomic E-state index is 11.9. The fourth-order valence-corrected chi connectivity index (χ4v) is 5.66. The van der Waals surface area contributed by atoms with Gasteiger partial charge in [-0.15, -0.1) is 0 Å². The summed E-state index contributed by atoms with van der Waals surface area (Å²) in [5.41, 5.74) is 5.81. The SMILES string of the molecule is CCCCCCCOC(=O)CCCCCCCN(CCCN)CCCCCCCC(CCCC)CCCCC. The van der Waals surface area contributed by atoms with Gasteiger partial charge in [0, 0.05) is 6.42 Å². The van der Waals surface area contributed by atoms with Crippen molar-refractivity contribution in [2.45, 2.75) is 181 Å². The van der Waals surface area contributed by atoms with Crippen LogP contribution in [0, 0.1) is 5.92 Å². The molecule has 0 aliphatic carbocycles. The van der Waals surface area contributed by atoms with Crippen LogP contribution in [0.1, 0.15) is 181 Å². The van der Waals surface area contributed by atoms with E-state index in [4.69, 9.17) is 10.5 Å². The van der Waals surface area contributed by atoms with E-state index in [9.17, 15) is 4.79 Å². The van der Waals surface area contributed by atoms with Gasteiger partial charge < -0.3 is 15.4 Å². The molecule has 0 aromatic rings. The Kier molecular flexibility index (Phi) is 31.4. The van der Waals surface area contributed by atoms with Crippen molar-refractivity contribution in [1.82, 2.24) is 4.90 Å². The average Bonchev–Trinajstić information content (AvgIpc) is 2.94. The van der Waals surface area contributed by atoms with Crippen LogP contribution in [0.2, 0.25) is 0 Å². The smallest absolute Gasteiger partial charge is 0.305 e. The van der Waals surface area contributed by atoms with Crippen LogP contribution in [0.3, 0.4) is 0 Å². The van der Waals surface area contributed by atoms with Crippen LogP contribution in [-0.4, -0.2) is 43.7 Å². The topological polar surface area (TPSA) is 55.6 Å². The molecule has 0 fully saturated rings. The maximum atomic E-state index is 11.9. The molecule has 0 rings (SSSR count). The summed E-state index contributed by atoms with van der Waals surface area (Å²) in [6, 6.07) is 0. The summed E-state index contributed by atoms with van der Waals surface area (Å²) >= 11 is 0. The highest BCUT2D eigenvalue weighted by atomic mass is 16.5. The predicted octanol–water partition coefficient (Wildman–Crippen LogP) is 10.2. The van der Waals surface area contributed by atoms with Gasteiger partial charge in [0.1, 0.15) is 0 Å². The molecule has 0 aliphatic heterocycles. The second kappa shape index (κ2) is 31.9. The summed E-state index contributed by atoms with van der Waals surface area (Å²) in [5.74, 6) is 0.990. The van der Waals surface area contributed by atoms with Gasteiger partial charge in [0.15, 0.2) is 0 Å². The molecule has 39 heavy (non-hydrogen) atoms. The summed E-state index contributed by atoms with van der Waals surface area (Å²) < 4.78 is 5.37. The number of nitrogens with two attached hydrogens (primary N) is 1. The van der Waals surface area contributed by atoms with E-state index in [-0.39, 0.29) is 5.97 Å². The summed E-state index contributed by atoms with van der Waals surface area (Å²) in [7, 11) is 0. The van der Waals surface area contributed by atoms with Crippen molar-refractivity contribution in [3.63, 3.8) is 0 Å². The summed E-state index contributed by atoms with van der Waals surface area (Å²) in [6.45, 7) is 11.9. The zero-order valence-corrected chi connectivity index (χ0v) is 27.1. The molecule has 1 atom stereocenters. The predicted molar refractivity (Wildman–Crippen MR) is 172 cm³/mol. The van der Waals surface area contributed by atoms with Crippen molar-refractivity contribution in [2.24, 2.45) is 11.7 Å². The monoisotopic (exact) mass is 553 g/mol. The lowest BCUT2D eigenvalue weighted by atomic mass is 9.90. The summed E-state index contributed by atoms with van der Waals surface area (Å²) in [4.78, 5) is 14.5. The lowest BCUT2D eigenvalue weighted by Gasteiger charge is -2.22. The molecule has 0 saturated carbocycles. The third-order valence-electron chi connectivity index (χ3n) is 8.31. The van der Waals surface area contributed by atoms with Crippen molar-refractivity contribution in [1.29, 1.82) is 0 Å². The van der Waals surface area contributed by atoms with Gasteiger partial charge in [-0.05, 0) is 64.2 Å². The lowest BCUT2D eigenvalue weighted by Crippen LogP contribution is -2.28. The number of ether oxygens (including phenoxy) is 1. The Balaban J connectivity index is 3.80. The van der Waals surface area contributed by atoms with Crippen molar-refractivity contribution in [3.8, 4) is 0 Å². The third kappa shape index (κ3) is 28.7. The first-order valence-corrected chi connectivity index (χ1v) is 17.8. The van der Waals surface area contributed by atoms with Crippen LogP contribution in [0.25, 0.3) is 0 Å². The number of carbonyl (C=O) groups is 1. The van der Waals surface area contributed by atoms with E-state index in [2.05, 4.69) is 25.7 Å². The molecule has 0 heterocycles. The van der Waals surface area contributed by atoms with Crippen molar-refractivity contribution in [2.75, 3.05) is 32.8 Å². The fourth-order valence-electron chi connectivity index (χ4n) is 5.66. The quantitative estimate of drug-likeness (QED) is 0.0666. The maximum Gasteiger partial charge on any atom is 0.305 e. The number of unbranched alkanes of at least 4 members (excludes halogenated alkanes) is 15. The molecule has 0 bridgehead atoms. The van der Waals surface area contributed by atoms with Crippen molar-refractivity contribution >= 4 is 5.97 Å². The third-order valence-corrected chi connectivity index (χ3v) is 8.31. The van der Waals surface area contributed by atoms with Gasteiger partial charge in [0.25, 0.3) is 0 Å². The Labute approximate surface area is 246 Å². The molecule has 2 N–H and O–H groups in total. The van der Waals surface area contributed by atoms with Gasteiger partial charge in [-0.1, -0.05) is 143 Å². The minimum Gasteiger partial charge on any atom is -0.466 e. The van der Waals surface area contributed by atoms with E-state index >= 15 is 0 Å². The highest BCUT2D eigenvalue weighted by molar-refractivity contribution is 5.69. The van der Waals surface area contributed by atoms with Gasteiger partial charge in [-0.3, -0.25) is 4.79 Å². The Morgan fingerprint density at radius 1 is 0.564 bits per heavy atom. The standard InChI is InChI=1S/C35H72N2O2/c1-4-7-10-17-23-33-39-35(38)28-20-14-12-16-22-31-37(32-24-29-36)30-21-15-11-13-19-27-34(25-9-6-3)26-18-8-5-2/h34H,4-33,36H2,1-3H3. The number of rotatable bonds is 32. The van der Waals surface area contributed by atoms with Crippen LogP contribution in [-0.2, 0) is 9.53 Å².